The van der Waals surface area contributed by atoms with Crippen molar-refractivity contribution in [3.63, 3.8) is 0 Å². The normalized spacial score (nSPS) is 11.4. The van der Waals surface area contributed by atoms with Crippen LogP contribution in [-0.4, -0.2) is 38.1 Å². The molecule has 4 nitrogen and oxygen atoms in total. The average Bonchev–Trinajstić information content (AvgIpc) is 2.70. The van der Waals surface area contributed by atoms with Gasteiger partial charge in [0, 0.05) is 19.5 Å². The Labute approximate surface area is 175 Å². The molecule has 0 aliphatic heterocycles. The number of hydrogen-bond donors (Lipinski definition) is 0. The summed E-state index contributed by atoms with van der Waals surface area (Å²) >= 11 is 0. The van der Waals surface area contributed by atoms with E-state index < -0.39 is 0 Å². The van der Waals surface area contributed by atoms with Crippen molar-refractivity contribution in [3.05, 3.63) is 65.2 Å². The maximum absolute atomic E-state index is 12.8. The van der Waals surface area contributed by atoms with Crippen LogP contribution in [0.2, 0.25) is 0 Å². The van der Waals surface area contributed by atoms with Gasteiger partial charge in [-0.1, -0.05) is 61.9 Å². The molecule has 0 atom stereocenters. The molecule has 1 amide bonds. The second-order valence-electron chi connectivity index (χ2n) is 7.75. The molecule has 156 valence electrons. The van der Waals surface area contributed by atoms with Gasteiger partial charge in [-0.2, -0.15) is 0 Å². The number of rotatable bonds is 10. The summed E-state index contributed by atoms with van der Waals surface area (Å²) in [6, 6.07) is 16.1. The van der Waals surface area contributed by atoms with E-state index in [2.05, 4.69) is 39.0 Å². The van der Waals surface area contributed by atoms with Gasteiger partial charge < -0.3 is 14.4 Å². The summed E-state index contributed by atoms with van der Waals surface area (Å²) in [4.78, 5) is 14.8. The maximum atomic E-state index is 12.8. The molecular formula is C25H33NO3. The van der Waals surface area contributed by atoms with Gasteiger partial charge in [0.1, 0.15) is 0 Å². The standard InChI is InChI=1S/C25H33NO3/c1-19(2)15-25(27)26(18-20(3)16-21-9-7-6-8-10-21)14-13-22-11-12-23(28-4)24(17-22)29-5/h6-12,16-17,19H,13-15,18H2,1-5H3/b20-16+. The minimum atomic E-state index is 0.196. The van der Waals surface area contributed by atoms with Gasteiger partial charge in [-0.25, -0.2) is 0 Å². The SMILES string of the molecule is COc1ccc(CCN(C/C(C)=C/c2ccccc2)C(=O)CC(C)C)cc1OC. The lowest BCUT2D eigenvalue weighted by Crippen LogP contribution is -2.35. The van der Waals surface area contributed by atoms with Crippen molar-refractivity contribution in [2.75, 3.05) is 27.3 Å². The minimum absolute atomic E-state index is 0.196. The van der Waals surface area contributed by atoms with E-state index in [0.717, 1.165) is 17.5 Å². The highest BCUT2D eigenvalue weighted by atomic mass is 16.5. The second-order valence-corrected chi connectivity index (χ2v) is 7.75. The first-order chi connectivity index (χ1) is 13.9. The fourth-order valence-corrected chi connectivity index (χ4v) is 3.25. The van der Waals surface area contributed by atoms with Gasteiger partial charge in [-0.3, -0.25) is 4.79 Å². The van der Waals surface area contributed by atoms with E-state index in [1.807, 2.05) is 41.3 Å². The van der Waals surface area contributed by atoms with Crippen LogP contribution in [0.3, 0.4) is 0 Å². The summed E-state index contributed by atoms with van der Waals surface area (Å²) in [5, 5.41) is 0. The zero-order valence-electron chi connectivity index (χ0n) is 18.3. The van der Waals surface area contributed by atoms with E-state index in [9.17, 15) is 4.79 Å². The van der Waals surface area contributed by atoms with Gasteiger partial charge >= 0.3 is 0 Å². The van der Waals surface area contributed by atoms with Crippen molar-refractivity contribution in [1.82, 2.24) is 4.90 Å². The van der Waals surface area contributed by atoms with Crippen molar-refractivity contribution in [3.8, 4) is 11.5 Å². The maximum Gasteiger partial charge on any atom is 0.223 e. The van der Waals surface area contributed by atoms with Crippen molar-refractivity contribution in [2.45, 2.75) is 33.6 Å². The van der Waals surface area contributed by atoms with E-state index >= 15 is 0 Å². The largest absolute Gasteiger partial charge is 0.493 e. The van der Waals surface area contributed by atoms with E-state index in [1.54, 1.807) is 14.2 Å². The number of nitrogens with zero attached hydrogens (tertiary/aromatic N) is 1. The zero-order valence-corrected chi connectivity index (χ0v) is 18.3. The number of amides is 1. The second kappa shape index (κ2) is 11.3. The molecule has 0 spiro atoms. The number of hydrogen-bond acceptors (Lipinski definition) is 3. The molecule has 0 radical (unpaired) electrons. The molecule has 2 aromatic carbocycles. The number of carbonyl (C=O) groups is 1. The van der Waals surface area contributed by atoms with Crippen LogP contribution >= 0.6 is 0 Å². The molecule has 0 heterocycles. The van der Waals surface area contributed by atoms with Crippen LogP contribution in [0.5, 0.6) is 11.5 Å². The first-order valence-electron chi connectivity index (χ1n) is 10.1. The molecule has 0 bridgehead atoms. The lowest BCUT2D eigenvalue weighted by atomic mass is 10.1. The van der Waals surface area contributed by atoms with Gasteiger partial charge in [0.15, 0.2) is 11.5 Å². The summed E-state index contributed by atoms with van der Waals surface area (Å²) in [5.74, 6) is 1.96. The Bertz CT molecular complexity index is 812. The minimum Gasteiger partial charge on any atom is -0.493 e. The highest BCUT2D eigenvalue weighted by Crippen LogP contribution is 2.27. The predicted molar refractivity (Wildman–Crippen MR) is 119 cm³/mol. The Kier molecular flexibility index (Phi) is 8.78. The number of methoxy groups -OCH3 is 2. The van der Waals surface area contributed by atoms with Crippen molar-refractivity contribution >= 4 is 12.0 Å². The third kappa shape index (κ3) is 7.30. The molecule has 0 aromatic heterocycles. The fraction of sp³-hybridized carbons (Fsp3) is 0.400. The Morgan fingerprint density at radius 3 is 2.34 bits per heavy atom. The van der Waals surface area contributed by atoms with E-state index in [4.69, 9.17) is 9.47 Å². The quantitative estimate of drug-likeness (QED) is 0.553. The molecule has 0 fully saturated rings. The monoisotopic (exact) mass is 395 g/mol. The Morgan fingerprint density at radius 1 is 1.03 bits per heavy atom. The van der Waals surface area contributed by atoms with Crippen molar-refractivity contribution in [2.24, 2.45) is 5.92 Å². The van der Waals surface area contributed by atoms with Gasteiger partial charge in [0.25, 0.3) is 0 Å². The molecule has 4 heteroatoms. The molecule has 0 N–H and O–H groups in total. The summed E-state index contributed by atoms with van der Waals surface area (Å²) in [7, 11) is 3.27. The Morgan fingerprint density at radius 2 is 1.72 bits per heavy atom. The fourth-order valence-electron chi connectivity index (χ4n) is 3.25. The molecule has 0 saturated carbocycles. The molecule has 0 unspecified atom stereocenters. The summed E-state index contributed by atoms with van der Waals surface area (Å²) in [5.41, 5.74) is 3.44. The van der Waals surface area contributed by atoms with Gasteiger partial charge in [0.05, 0.1) is 14.2 Å². The average molecular weight is 396 g/mol. The van der Waals surface area contributed by atoms with Crippen molar-refractivity contribution in [1.29, 1.82) is 0 Å². The van der Waals surface area contributed by atoms with Crippen LogP contribution in [0.1, 0.15) is 38.3 Å². The molecule has 2 rings (SSSR count). The van der Waals surface area contributed by atoms with Crippen LogP contribution in [0.4, 0.5) is 0 Å². The van der Waals surface area contributed by atoms with Crippen LogP contribution in [0.25, 0.3) is 6.08 Å². The molecule has 0 aliphatic rings. The third-order valence-corrected chi connectivity index (χ3v) is 4.71. The van der Waals surface area contributed by atoms with Gasteiger partial charge in [-0.05, 0) is 42.5 Å². The Hall–Kier alpha value is -2.75. The van der Waals surface area contributed by atoms with Gasteiger partial charge in [0.2, 0.25) is 5.91 Å². The van der Waals surface area contributed by atoms with E-state index in [1.165, 1.54) is 5.57 Å². The summed E-state index contributed by atoms with van der Waals surface area (Å²) in [6.07, 6.45) is 3.47. The third-order valence-electron chi connectivity index (χ3n) is 4.71. The predicted octanol–water partition coefficient (Wildman–Crippen LogP) is 5.22. The number of ether oxygens (including phenoxy) is 2. The smallest absolute Gasteiger partial charge is 0.223 e. The van der Waals surface area contributed by atoms with Crippen molar-refractivity contribution < 1.29 is 14.3 Å². The zero-order chi connectivity index (χ0) is 21.2. The first-order valence-corrected chi connectivity index (χ1v) is 10.1. The topological polar surface area (TPSA) is 38.8 Å². The Balaban J connectivity index is 2.11. The number of benzene rings is 2. The van der Waals surface area contributed by atoms with Crippen LogP contribution in [-0.2, 0) is 11.2 Å². The summed E-state index contributed by atoms with van der Waals surface area (Å²) < 4.78 is 10.7. The molecule has 29 heavy (non-hydrogen) atoms. The first kappa shape index (κ1) is 22.5. The molecule has 0 saturated heterocycles. The number of carbonyl (C=O) groups excluding carboxylic acids is 1. The van der Waals surface area contributed by atoms with E-state index in [-0.39, 0.29) is 5.91 Å². The lowest BCUT2D eigenvalue weighted by Gasteiger charge is -2.24. The van der Waals surface area contributed by atoms with Crippen LogP contribution in [0, 0.1) is 5.92 Å². The van der Waals surface area contributed by atoms with Gasteiger partial charge in [-0.15, -0.1) is 0 Å². The molecular weight excluding hydrogens is 362 g/mol. The molecule has 2 aromatic rings. The van der Waals surface area contributed by atoms with E-state index in [0.29, 0.717) is 36.9 Å². The van der Waals surface area contributed by atoms with Crippen LogP contribution in [0.15, 0.2) is 54.1 Å². The highest BCUT2D eigenvalue weighted by molar-refractivity contribution is 5.77. The molecule has 0 aliphatic carbocycles. The lowest BCUT2D eigenvalue weighted by molar-refractivity contribution is -0.131. The van der Waals surface area contributed by atoms with Crippen LogP contribution < -0.4 is 9.47 Å². The summed E-state index contributed by atoms with van der Waals surface area (Å²) in [6.45, 7) is 7.54. The highest BCUT2D eigenvalue weighted by Gasteiger charge is 2.16.